The lowest BCUT2D eigenvalue weighted by molar-refractivity contribution is -0.137. The van der Waals surface area contributed by atoms with Crippen LogP contribution in [0, 0.1) is 0 Å². The summed E-state index contributed by atoms with van der Waals surface area (Å²) in [6.07, 6.45) is 3.23. The molecule has 128 valence electrons. The van der Waals surface area contributed by atoms with E-state index in [-0.39, 0.29) is 12.5 Å². The Morgan fingerprint density at radius 3 is 2.22 bits per heavy atom. The van der Waals surface area contributed by atoms with Gasteiger partial charge in [0.15, 0.2) is 0 Å². The third kappa shape index (κ3) is 9.35. The molecule has 2 amide bonds. The monoisotopic (exact) mass is 343 g/mol. The highest BCUT2D eigenvalue weighted by atomic mass is 32.2. The highest BCUT2D eigenvalue weighted by Gasteiger charge is 2.04. The number of hydrogen-bond acceptors (Lipinski definition) is 4. The Bertz CT molecular complexity index is 628. The molecule has 0 heterocycles. The van der Waals surface area contributed by atoms with E-state index in [1.807, 2.05) is 0 Å². The second kappa shape index (κ2) is 8.99. The van der Waals surface area contributed by atoms with Crippen LogP contribution in [0.25, 0.3) is 0 Å². The number of carbonyl (C=O) groups excluding carboxylic acids is 1. The second-order valence-corrected chi connectivity index (χ2v) is 6.79. The van der Waals surface area contributed by atoms with Crippen molar-refractivity contribution >= 4 is 33.4 Å². The lowest BCUT2D eigenvalue weighted by Crippen LogP contribution is -2.29. The summed E-state index contributed by atoms with van der Waals surface area (Å²) in [5, 5.41) is 13.8. The van der Waals surface area contributed by atoms with Gasteiger partial charge in [0.25, 0.3) is 0 Å². The van der Waals surface area contributed by atoms with Crippen LogP contribution in [0.15, 0.2) is 24.3 Å². The molecule has 4 N–H and O–H groups in total. The van der Waals surface area contributed by atoms with Crippen molar-refractivity contribution in [2.24, 2.45) is 0 Å². The van der Waals surface area contributed by atoms with Crippen LogP contribution in [0.3, 0.4) is 0 Å². The molecule has 0 aliphatic rings. The summed E-state index contributed by atoms with van der Waals surface area (Å²) in [7, 11) is -3.32. The van der Waals surface area contributed by atoms with Gasteiger partial charge in [-0.25, -0.2) is 13.2 Å². The third-order valence-electron chi connectivity index (χ3n) is 2.80. The Hall–Kier alpha value is -2.29. The zero-order valence-electron chi connectivity index (χ0n) is 12.8. The predicted octanol–water partition coefficient (Wildman–Crippen LogP) is 1.82. The van der Waals surface area contributed by atoms with Crippen LogP contribution in [0.2, 0.25) is 0 Å². The first-order valence-electron chi connectivity index (χ1n) is 7.11. The maximum absolute atomic E-state index is 11.6. The van der Waals surface area contributed by atoms with Crippen molar-refractivity contribution in [1.29, 1.82) is 0 Å². The minimum absolute atomic E-state index is 0.139. The van der Waals surface area contributed by atoms with Crippen molar-refractivity contribution in [3.8, 4) is 0 Å². The van der Waals surface area contributed by atoms with Crippen molar-refractivity contribution in [2.75, 3.05) is 22.8 Å². The Balaban J connectivity index is 2.27. The van der Waals surface area contributed by atoms with Gasteiger partial charge in [0.05, 0.1) is 6.26 Å². The Morgan fingerprint density at radius 1 is 1.04 bits per heavy atom. The van der Waals surface area contributed by atoms with Gasteiger partial charge in [0, 0.05) is 24.3 Å². The van der Waals surface area contributed by atoms with E-state index in [4.69, 9.17) is 5.11 Å². The summed E-state index contributed by atoms with van der Waals surface area (Å²) >= 11 is 0. The summed E-state index contributed by atoms with van der Waals surface area (Å²) in [5.41, 5.74) is 0.948. The van der Waals surface area contributed by atoms with Crippen molar-refractivity contribution in [3.05, 3.63) is 24.3 Å². The van der Waals surface area contributed by atoms with Gasteiger partial charge in [0.2, 0.25) is 10.0 Å². The average molecular weight is 343 g/mol. The van der Waals surface area contributed by atoms with E-state index >= 15 is 0 Å². The van der Waals surface area contributed by atoms with Gasteiger partial charge in [-0.2, -0.15) is 0 Å². The van der Waals surface area contributed by atoms with Gasteiger partial charge in [-0.3, -0.25) is 9.52 Å². The van der Waals surface area contributed by atoms with Crippen molar-refractivity contribution in [1.82, 2.24) is 5.32 Å². The molecule has 9 heteroatoms. The molecule has 0 saturated carbocycles. The summed E-state index contributed by atoms with van der Waals surface area (Å²) in [4.78, 5) is 22.0. The number of urea groups is 1. The Kier molecular flexibility index (Phi) is 7.33. The Labute approximate surface area is 135 Å². The fourth-order valence-corrected chi connectivity index (χ4v) is 2.36. The van der Waals surface area contributed by atoms with Crippen LogP contribution in [0.1, 0.15) is 25.7 Å². The lowest BCUT2D eigenvalue weighted by Gasteiger charge is -2.09. The van der Waals surface area contributed by atoms with E-state index in [0.717, 1.165) is 12.7 Å². The number of carboxylic acid groups (broad SMARTS) is 1. The van der Waals surface area contributed by atoms with E-state index < -0.39 is 16.0 Å². The predicted molar refractivity (Wildman–Crippen MR) is 88.0 cm³/mol. The van der Waals surface area contributed by atoms with Crippen molar-refractivity contribution in [2.45, 2.75) is 25.7 Å². The number of carbonyl (C=O) groups is 2. The molecule has 1 aromatic rings. The molecular weight excluding hydrogens is 322 g/mol. The highest BCUT2D eigenvalue weighted by Crippen LogP contribution is 2.14. The third-order valence-corrected chi connectivity index (χ3v) is 3.41. The molecule has 0 atom stereocenters. The van der Waals surface area contributed by atoms with Gasteiger partial charge >= 0.3 is 12.0 Å². The first-order valence-corrected chi connectivity index (χ1v) is 9.00. The largest absolute Gasteiger partial charge is 0.481 e. The highest BCUT2D eigenvalue weighted by molar-refractivity contribution is 7.92. The number of rotatable bonds is 9. The zero-order valence-corrected chi connectivity index (χ0v) is 13.6. The molecule has 0 aromatic heterocycles. The molecule has 0 aliphatic carbocycles. The fourth-order valence-electron chi connectivity index (χ4n) is 1.79. The van der Waals surface area contributed by atoms with Crippen LogP contribution in [0.4, 0.5) is 16.2 Å². The molecular formula is C14H21N3O5S. The first kappa shape index (κ1) is 18.8. The first-order chi connectivity index (χ1) is 10.8. The number of benzene rings is 1. The molecule has 1 rings (SSSR count). The molecule has 8 nitrogen and oxygen atoms in total. The number of hydrogen-bond donors (Lipinski definition) is 4. The summed E-state index contributed by atoms with van der Waals surface area (Å²) in [5.74, 6) is -0.815. The van der Waals surface area contributed by atoms with E-state index in [2.05, 4.69) is 15.4 Å². The number of anilines is 2. The van der Waals surface area contributed by atoms with Crippen molar-refractivity contribution < 1.29 is 23.1 Å². The SMILES string of the molecule is CS(=O)(=O)Nc1ccc(NC(=O)NCCCCCC(=O)O)cc1. The van der Waals surface area contributed by atoms with Crippen LogP contribution in [-0.4, -0.2) is 38.3 Å². The normalized spacial score (nSPS) is 10.8. The molecule has 0 fully saturated rings. The lowest BCUT2D eigenvalue weighted by atomic mass is 10.2. The van der Waals surface area contributed by atoms with Gasteiger partial charge in [-0.15, -0.1) is 0 Å². The number of amides is 2. The van der Waals surface area contributed by atoms with E-state index in [0.29, 0.717) is 30.8 Å². The minimum atomic E-state index is -3.32. The van der Waals surface area contributed by atoms with E-state index in [1.54, 1.807) is 24.3 Å². The topological polar surface area (TPSA) is 125 Å². The molecule has 0 saturated heterocycles. The van der Waals surface area contributed by atoms with Gasteiger partial charge in [-0.1, -0.05) is 6.42 Å². The molecule has 23 heavy (non-hydrogen) atoms. The van der Waals surface area contributed by atoms with Gasteiger partial charge in [0.1, 0.15) is 0 Å². The second-order valence-electron chi connectivity index (χ2n) is 5.04. The van der Waals surface area contributed by atoms with Crippen molar-refractivity contribution in [3.63, 3.8) is 0 Å². The summed E-state index contributed by atoms with van der Waals surface area (Å²) in [6.45, 7) is 0.458. The Morgan fingerprint density at radius 2 is 1.65 bits per heavy atom. The number of sulfonamides is 1. The smallest absolute Gasteiger partial charge is 0.319 e. The maximum atomic E-state index is 11.6. The number of unbranched alkanes of at least 4 members (excludes halogenated alkanes) is 2. The quantitative estimate of drug-likeness (QED) is 0.509. The van der Waals surface area contributed by atoms with Crippen LogP contribution < -0.4 is 15.4 Å². The fraction of sp³-hybridized carbons (Fsp3) is 0.429. The van der Waals surface area contributed by atoms with E-state index in [1.165, 1.54) is 0 Å². The molecule has 0 radical (unpaired) electrons. The van der Waals surface area contributed by atoms with Crippen LogP contribution in [0.5, 0.6) is 0 Å². The van der Waals surface area contributed by atoms with Crippen LogP contribution in [-0.2, 0) is 14.8 Å². The minimum Gasteiger partial charge on any atom is -0.481 e. The molecule has 0 unspecified atom stereocenters. The average Bonchev–Trinajstić information content (AvgIpc) is 2.43. The maximum Gasteiger partial charge on any atom is 0.319 e. The molecule has 1 aromatic carbocycles. The molecule has 0 aliphatic heterocycles. The summed E-state index contributed by atoms with van der Waals surface area (Å²) < 4.78 is 24.5. The standard InChI is InChI=1S/C14H21N3O5S/c1-23(21,22)17-12-8-6-11(7-9-12)16-14(20)15-10-4-2-3-5-13(18)19/h6-9,17H,2-5,10H2,1H3,(H,18,19)(H2,15,16,20). The zero-order chi connectivity index (χ0) is 17.3. The van der Waals surface area contributed by atoms with Crippen LogP contribution >= 0.6 is 0 Å². The summed E-state index contributed by atoms with van der Waals surface area (Å²) in [6, 6.07) is 5.89. The number of aliphatic carboxylic acids is 1. The van der Waals surface area contributed by atoms with E-state index in [9.17, 15) is 18.0 Å². The molecule has 0 bridgehead atoms. The number of nitrogens with one attached hydrogen (secondary N) is 3. The molecule has 0 spiro atoms. The van der Waals surface area contributed by atoms with Gasteiger partial charge in [-0.05, 0) is 37.1 Å². The van der Waals surface area contributed by atoms with Gasteiger partial charge < -0.3 is 15.7 Å². The number of carboxylic acids is 1.